The maximum absolute atomic E-state index is 13.1. The molecule has 0 radical (unpaired) electrons. The number of hydrogen-bond acceptors (Lipinski definition) is 2. The number of nitrogens with zero attached hydrogens (tertiary/aromatic N) is 1. The minimum Gasteiger partial charge on any atom is -0.372 e. The highest BCUT2D eigenvalue weighted by Gasteiger charge is 2.24. The molecular formula is C7H9FN2O. The van der Waals surface area contributed by atoms with E-state index in [0.29, 0.717) is 17.9 Å². The van der Waals surface area contributed by atoms with E-state index in [4.69, 9.17) is 4.74 Å². The Morgan fingerprint density at radius 1 is 1.73 bits per heavy atom. The van der Waals surface area contributed by atoms with Crippen LogP contribution in [0, 0.1) is 6.92 Å². The van der Waals surface area contributed by atoms with Crippen LogP contribution in [-0.2, 0) is 11.3 Å². The number of fused-ring (bicyclic) bond motifs is 1. The number of aromatic nitrogens is 2. The summed E-state index contributed by atoms with van der Waals surface area (Å²) >= 11 is 0. The van der Waals surface area contributed by atoms with Crippen molar-refractivity contribution in [3.05, 3.63) is 17.0 Å². The van der Waals surface area contributed by atoms with E-state index in [9.17, 15) is 4.39 Å². The number of alkyl halides is 1. The average Bonchev–Trinajstić information content (AvgIpc) is 2.34. The zero-order valence-electron chi connectivity index (χ0n) is 6.22. The molecule has 1 aliphatic rings. The van der Waals surface area contributed by atoms with Crippen LogP contribution in [0.15, 0.2) is 0 Å². The molecule has 1 aliphatic heterocycles. The monoisotopic (exact) mass is 156 g/mol. The highest BCUT2D eigenvalue weighted by molar-refractivity contribution is 5.27. The number of aromatic amines is 1. The normalized spacial score (nSPS) is 23.3. The smallest absolute Gasteiger partial charge is 0.152 e. The van der Waals surface area contributed by atoms with Gasteiger partial charge in [-0.2, -0.15) is 5.10 Å². The van der Waals surface area contributed by atoms with Gasteiger partial charge in [-0.1, -0.05) is 0 Å². The van der Waals surface area contributed by atoms with Crippen molar-refractivity contribution in [2.75, 3.05) is 6.61 Å². The van der Waals surface area contributed by atoms with E-state index in [1.807, 2.05) is 6.92 Å². The second-order valence-corrected chi connectivity index (χ2v) is 2.69. The molecule has 2 heterocycles. The van der Waals surface area contributed by atoms with Gasteiger partial charge in [0.05, 0.1) is 18.9 Å². The van der Waals surface area contributed by atoms with Gasteiger partial charge in [0.25, 0.3) is 0 Å². The zero-order chi connectivity index (χ0) is 7.84. The summed E-state index contributed by atoms with van der Waals surface area (Å²) in [6.07, 6.45) is -1.00. The number of hydrogen-bond donors (Lipinski definition) is 1. The van der Waals surface area contributed by atoms with Crippen LogP contribution in [0.2, 0.25) is 0 Å². The van der Waals surface area contributed by atoms with E-state index in [0.717, 1.165) is 5.69 Å². The first-order valence-electron chi connectivity index (χ1n) is 3.54. The van der Waals surface area contributed by atoms with E-state index in [1.165, 1.54) is 0 Å². The standard InChI is InChI=1S/C7H9FN2O/c1-4-7-5(8)2-11-3-6(7)10-9-4/h5H,2-3H2,1H3,(H,9,10). The van der Waals surface area contributed by atoms with Gasteiger partial charge >= 0.3 is 0 Å². The Kier molecular flexibility index (Phi) is 1.42. The summed E-state index contributed by atoms with van der Waals surface area (Å²) in [6, 6.07) is 0. The number of ether oxygens (including phenoxy) is 1. The Bertz CT molecular complexity index is 271. The Balaban J connectivity index is 2.48. The van der Waals surface area contributed by atoms with E-state index in [2.05, 4.69) is 10.2 Å². The minimum absolute atomic E-state index is 0.160. The predicted octanol–water partition coefficient (Wildman–Crippen LogP) is 1.26. The van der Waals surface area contributed by atoms with Crippen molar-refractivity contribution < 1.29 is 9.13 Å². The highest BCUT2D eigenvalue weighted by Crippen LogP contribution is 2.28. The van der Waals surface area contributed by atoms with Gasteiger partial charge in [0.2, 0.25) is 0 Å². The number of rotatable bonds is 0. The molecule has 0 saturated carbocycles. The summed E-state index contributed by atoms with van der Waals surface area (Å²) in [7, 11) is 0. The maximum atomic E-state index is 13.1. The van der Waals surface area contributed by atoms with Crippen LogP contribution in [0.1, 0.15) is 23.1 Å². The van der Waals surface area contributed by atoms with Gasteiger partial charge in [-0.25, -0.2) is 4.39 Å². The Morgan fingerprint density at radius 3 is 3.27 bits per heavy atom. The second-order valence-electron chi connectivity index (χ2n) is 2.69. The molecule has 1 aromatic heterocycles. The van der Waals surface area contributed by atoms with Gasteiger partial charge in [0.15, 0.2) is 6.17 Å². The summed E-state index contributed by atoms with van der Waals surface area (Å²) in [4.78, 5) is 0. The molecule has 0 spiro atoms. The molecule has 0 bridgehead atoms. The molecule has 2 rings (SSSR count). The lowest BCUT2D eigenvalue weighted by atomic mass is 10.1. The quantitative estimate of drug-likeness (QED) is 0.614. The average molecular weight is 156 g/mol. The van der Waals surface area contributed by atoms with E-state index >= 15 is 0 Å². The van der Waals surface area contributed by atoms with Crippen molar-refractivity contribution in [2.45, 2.75) is 19.7 Å². The van der Waals surface area contributed by atoms with Crippen molar-refractivity contribution in [2.24, 2.45) is 0 Å². The Hall–Kier alpha value is -0.900. The lowest BCUT2D eigenvalue weighted by molar-refractivity contribution is 0.0493. The summed E-state index contributed by atoms with van der Waals surface area (Å²) in [5, 5.41) is 6.66. The van der Waals surface area contributed by atoms with Gasteiger partial charge in [-0.3, -0.25) is 5.10 Å². The van der Waals surface area contributed by atoms with Crippen LogP contribution >= 0.6 is 0 Å². The van der Waals surface area contributed by atoms with Crippen molar-refractivity contribution in [3.8, 4) is 0 Å². The molecule has 1 atom stereocenters. The SMILES string of the molecule is Cc1[nH]nc2c1C(F)COC2. The number of halogens is 1. The molecule has 0 amide bonds. The third kappa shape index (κ3) is 0.939. The maximum Gasteiger partial charge on any atom is 0.152 e. The molecule has 11 heavy (non-hydrogen) atoms. The first-order chi connectivity index (χ1) is 5.29. The molecule has 3 nitrogen and oxygen atoms in total. The number of H-pyrrole nitrogens is 1. The van der Waals surface area contributed by atoms with Crippen LogP contribution in [0.5, 0.6) is 0 Å². The fourth-order valence-corrected chi connectivity index (χ4v) is 1.36. The van der Waals surface area contributed by atoms with Crippen LogP contribution < -0.4 is 0 Å². The molecule has 0 fully saturated rings. The second kappa shape index (κ2) is 2.30. The number of aryl methyl sites for hydroxylation is 1. The fraction of sp³-hybridized carbons (Fsp3) is 0.571. The summed E-state index contributed by atoms with van der Waals surface area (Å²) in [5.74, 6) is 0. The van der Waals surface area contributed by atoms with Gasteiger partial charge in [-0.15, -0.1) is 0 Å². The van der Waals surface area contributed by atoms with Crippen molar-refractivity contribution in [1.29, 1.82) is 0 Å². The molecule has 1 unspecified atom stereocenters. The van der Waals surface area contributed by atoms with Crippen molar-refractivity contribution >= 4 is 0 Å². The zero-order valence-corrected chi connectivity index (χ0v) is 6.22. The summed E-state index contributed by atoms with van der Waals surface area (Å²) in [5.41, 5.74) is 2.22. The van der Waals surface area contributed by atoms with Gasteiger partial charge in [0.1, 0.15) is 0 Å². The van der Waals surface area contributed by atoms with Gasteiger partial charge in [-0.05, 0) is 6.92 Å². The van der Waals surface area contributed by atoms with E-state index in [-0.39, 0.29) is 6.61 Å². The first kappa shape index (κ1) is 6.79. The molecule has 0 saturated heterocycles. The molecule has 4 heteroatoms. The molecule has 1 aromatic rings. The van der Waals surface area contributed by atoms with Crippen molar-refractivity contribution in [1.82, 2.24) is 10.2 Å². The fourth-order valence-electron chi connectivity index (χ4n) is 1.36. The van der Waals surface area contributed by atoms with Crippen molar-refractivity contribution in [3.63, 3.8) is 0 Å². The third-order valence-corrected chi connectivity index (χ3v) is 1.89. The Labute approximate surface area is 63.6 Å². The Morgan fingerprint density at radius 2 is 2.55 bits per heavy atom. The molecule has 1 N–H and O–H groups in total. The predicted molar refractivity (Wildman–Crippen MR) is 36.8 cm³/mol. The van der Waals surface area contributed by atoms with Gasteiger partial charge < -0.3 is 4.74 Å². The minimum atomic E-state index is -1.00. The molecule has 60 valence electrons. The molecule has 0 aromatic carbocycles. The molecule has 0 aliphatic carbocycles. The topological polar surface area (TPSA) is 37.9 Å². The number of nitrogens with one attached hydrogen (secondary N) is 1. The van der Waals surface area contributed by atoms with Crippen LogP contribution in [0.3, 0.4) is 0 Å². The van der Waals surface area contributed by atoms with Crippen LogP contribution in [0.4, 0.5) is 4.39 Å². The summed E-state index contributed by atoms with van der Waals surface area (Å²) in [6.45, 7) is 2.41. The largest absolute Gasteiger partial charge is 0.372 e. The van der Waals surface area contributed by atoms with Crippen LogP contribution in [-0.4, -0.2) is 16.8 Å². The third-order valence-electron chi connectivity index (χ3n) is 1.89. The van der Waals surface area contributed by atoms with E-state index in [1.54, 1.807) is 0 Å². The summed E-state index contributed by atoms with van der Waals surface area (Å²) < 4.78 is 18.0. The lowest BCUT2D eigenvalue weighted by Gasteiger charge is -2.15. The lowest BCUT2D eigenvalue weighted by Crippen LogP contribution is -2.12. The van der Waals surface area contributed by atoms with Crippen LogP contribution in [0.25, 0.3) is 0 Å². The first-order valence-corrected chi connectivity index (χ1v) is 3.54. The molecular weight excluding hydrogens is 147 g/mol. The van der Waals surface area contributed by atoms with Gasteiger partial charge in [0, 0.05) is 11.3 Å². The highest BCUT2D eigenvalue weighted by atomic mass is 19.1. The van der Waals surface area contributed by atoms with E-state index < -0.39 is 6.17 Å².